The molecule has 0 fully saturated rings. The van der Waals surface area contributed by atoms with Crippen molar-refractivity contribution in [1.29, 1.82) is 0 Å². The van der Waals surface area contributed by atoms with E-state index >= 15 is 0 Å². The highest BCUT2D eigenvalue weighted by Crippen LogP contribution is 2.38. The highest BCUT2D eigenvalue weighted by molar-refractivity contribution is 7.88. The molecule has 2 aliphatic rings. The Balaban J connectivity index is 1.63. The molecular formula is C25H24Cl2N4O3S. The van der Waals surface area contributed by atoms with Crippen LogP contribution in [0.4, 0.5) is 0 Å². The summed E-state index contributed by atoms with van der Waals surface area (Å²) in [6.45, 7) is 4.08. The van der Waals surface area contributed by atoms with Gasteiger partial charge in [0.15, 0.2) is 0 Å². The van der Waals surface area contributed by atoms with Gasteiger partial charge < -0.3 is 0 Å². The molecule has 1 unspecified atom stereocenters. The molecule has 35 heavy (non-hydrogen) atoms. The number of hydrogen-bond donors (Lipinski definition) is 1. The Morgan fingerprint density at radius 2 is 1.89 bits per heavy atom. The van der Waals surface area contributed by atoms with Crippen molar-refractivity contribution in [2.75, 3.05) is 6.54 Å². The standard InChI is InChI=1S/C25H24Cl2N4O3S/c1-15-3-5-17(6-4-15)14-35(33,34)30-12-10-19-23(22-16(2)9-11-28-24(22)30)29-31(25(19)32)21-8-7-18(26)13-20(21)27/h3-8,11,13,16,29H,9-10,12,14H2,1-2H3. The molecule has 3 heterocycles. The summed E-state index contributed by atoms with van der Waals surface area (Å²) in [6.07, 6.45) is 2.62. The Kier molecular flexibility index (Phi) is 6.15. The monoisotopic (exact) mass is 530 g/mol. The van der Waals surface area contributed by atoms with Gasteiger partial charge in [-0.15, -0.1) is 0 Å². The van der Waals surface area contributed by atoms with Gasteiger partial charge in [-0.1, -0.05) is 60.0 Å². The minimum Gasteiger partial charge on any atom is -0.290 e. The molecule has 0 saturated carbocycles. The van der Waals surface area contributed by atoms with Crippen LogP contribution >= 0.6 is 23.2 Å². The van der Waals surface area contributed by atoms with E-state index in [9.17, 15) is 13.2 Å². The van der Waals surface area contributed by atoms with Crippen LogP contribution in [-0.2, 0) is 22.2 Å². The van der Waals surface area contributed by atoms with Crippen molar-refractivity contribution in [3.8, 4) is 5.69 Å². The number of nitrogens with zero attached hydrogens (tertiary/aromatic N) is 3. The molecule has 5 rings (SSSR count). The van der Waals surface area contributed by atoms with E-state index in [0.717, 1.165) is 5.56 Å². The Morgan fingerprint density at radius 3 is 2.60 bits per heavy atom. The first kappa shape index (κ1) is 23.9. The minimum absolute atomic E-state index is 0.0383. The van der Waals surface area contributed by atoms with Crippen LogP contribution in [0.25, 0.3) is 11.3 Å². The van der Waals surface area contributed by atoms with Crippen molar-refractivity contribution >= 4 is 45.0 Å². The van der Waals surface area contributed by atoms with E-state index in [0.29, 0.717) is 50.4 Å². The molecule has 1 N–H and O–H groups in total. The fourth-order valence-electron chi connectivity index (χ4n) is 4.58. The molecule has 2 aromatic carbocycles. The molecule has 2 aliphatic heterocycles. The lowest BCUT2D eigenvalue weighted by atomic mass is 9.92. The molecule has 0 radical (unpaired) electrons. The zero-order valence-electron chi connectivity index (χ0n) is 19.3. The number of halogens is 2. The summed E-state index contributed by atoms with van der Waals surface area (Å²) in [5.74, 6) is 0.181. The van der Waals surface area contributed by atoms with E-state index in [1.807, 2.05) is 38.1 Å². The largest absolute Gasteiger partial charge is 0.290 e. The third-order valence-corrected chi connectivity index (χ3v) is 8.68. The molecule has 182 valence electrons. The Labute approximate surface area is 213 Å². The van der Waals surface area contributed by atoms with Gasteiger partial charge in [0.05, 0.1) is 22.2 Å². The number of H-pyrrole nitrogens is 1. The number of aromatic amines is 1. The van der Waals surface area contributed by atoms with Crippen LogP contribution in [0.3, 0.4) is 0 Å². The summed E-state index contributed by atoms with van der Waals surface area (Å²) < 4.78 is 29.9. The van der Waals surface area contributed by atoms with Gasteiger partial charge in [0, 0.05) is 28.9 Å². The molecular weight excluding hydrogens is 507 g/mol. The van der Waals surface area contributed by atoms with Crippen molar-refractivity contribution < 1.29 is 8.42 Å². The maximum Gasteiger partial charge on any atom is 0.275 e. The quantitative estimate of drug-likeness (QED) is 0.517. The zero-order valence-corrected chi connectivity index (χ0v) is 21.6. The summed E-state index contributed by atoms with van der Waals surface area (Å²) in [4.78, 5) is 18.0. The van der Waals surface area contributed by atoms with Gasteiger partial charge in [0.25, 0.3) is 5.56 Å². The van der Waals surface area contributed by atoms with Crippen LogP contribution in [0.2, 0.25) is 10.0 Å². The van der Waals surface area contributed by atoms with E-state index in [1.54, 1.807) is 24.4 Å². The first-order valence-electron chi connectivity index (χ1n) is 11.3. The van der Waals surface area contributed by atoms with Crippen LogP contribution in [0.1, 0.15) is 35.7 Å². The van der Waals surface area contributed by atoms with Gasteiger partial charge in [0.2, 0.25) is 10.0 Å². The summed E-state index contributed by atoms with van der Waals surface area (Å²) in [6, 6.07) is 12.4. The molecule has 0 aliphatic carbocycles. The number of hydrogen-bond acceptors (Lipinski definition) is 4. The minimum atomic E-state index is -3.75. The van der Waals surface area contributed by atoms with Crippen LogP contribution in [0, 0.1) is 12.8 Å². The highest BCUT2D eigenvalue weighted by Gasteiger charge is 2.36. The number of aliphatic imine (C=N–C) groups is 1. The molecule has 1 atom stereocenters. The van der Waals surface area contributed by atoms with Crippen molar-refractivity contribution in [2.45, 2.75) is 32.4 Å². The molecule has 0 spiro atoms. The van der Waals surface area contributed by atoms with Crippen LogP contribution in [0.15, 0.2) is 58.1 Å². The second-order valence-corrected chi connectivity index (χ2v) is 11.7. The average Bonchev–Trinajstić information content (AvgIpc) is 3.00. The number of nitrogens with one attached hydrogen (secondary N) is 1. The summed E-state index contributed by atoms with van der Waals surface area (Å²) >= 11 is 12.4. The molecule has 0 saturated heterocycles. The second kappa shape index (κ2) is 9.00. The third kappa shape index (κ3) is 4.35. The molecule has 10 heteroatoms. The number of sulfonamides is 1. The first-order valence-corrected chi connectivity index (χ1v) is 13.6. The fourth-order valence-corrected chi connectivity index (χ4v) is 6.62. The number of fused-ring (bicyclic) bond motifs is 2. The Morgan fingerprint density at radius 1 is 1.14 bits per heavy atom. The van der Waals surface area contributed by atoms with E-state index in [2.05, 4.69) is 10.1 Å². The zero-order chi connectivity index (χ0) is 24.9. The van der Waals surface area contributed by atoms with E-state index in [4.69, 9.17) is 23.2 Å². The normalized spacial score (nSPS) is 17.8. The Hall–Kier alpha value is -2.81. The predicted molar refractivity (Wildman–Crippen MR) is 140 cm³/mol. The molecule has 1 aromatic heterocycles. The average molecular weight is 531 g/mol. The lowest BCUT2D eigenvalue weighted by Crippen LogP contribution is -2.34. The van der Waals surface area contributed by atoms with Crippen molar-refractivity contribution in [3.05, 3.63) is 91.1 Å². The highest BCUT2D eigenvalue weighted by atomic mass is 35.5. The van der Waals surface area contributed by atoms with Gasteiger partial charge in [-0.05, 0) is 49.4 Å². The van der Waals surface area contributed by atoms with Gasteiger partial charge >= 0.3 is 0 Å². The van der Waals surface area contributed by atoms with Crippen LogP contribution < -0.4 is 5.56 Å². The van der Waals surface area contributed by atoms with Gasteiger partial charge in [-0.2, -0.15) is 0 Å². The van der Waals surface area contributed by atoms with Gasteiger partial charge in [0.1, 0.15) is 5.82 Å². The second-order valence-electron chi connectivity index (χ2n) is 8.95. The van der Waals surface area contributed by atoms with Crippen LogP contribution in [-0.4, -0.2) is 35.3 Å². The van der Waals surface area contributed by atoms with E-state index < -0.39 is 10.0 Å². The topological polar surface area (TPSA) is 87.5 Å². The van der Waals surface area contributed by atoms with E-state index in [1.165, 1.54) is 8.99 Å². The molecule has 3 aromatic rings. The molecule has 0 bridgehead atoms. The lowest BCUT2D eigenvalue weighted by Gasteiger charge is -2.28. The number of rotatable bonds is 4. The molecule has 0 amide bonds. The summed E-state index contributed by atoms with van der Waals surface area (Å²) in [5.41, 5.74) is 3.81. The maximum atomic E-state index is 13.6. The smallest absolute Gasteiger partial charge is 0.275 e. The van der Waals surface area contributed by atoms with Crippen molar-refractivity contribution in [1.82, 2.24) is 14.1 Å². The van der Waals surface area contributed by atoms with Gasteiger partial charge in [-0.25, -0.2) is 18.1 Å². The lowest BCUT2D eigenvalue weighted by molar-refractivity contribution is 0.473. The number of allylic oxidation sites excluding steroid dienone is 1. The predicted octanol–water partition coefficient (Wildman–Crippen LogP) is 4.95. The number of aromatic nitrogens is 2. The van der Waals surface area contributed by atoms with Crippen LogP contribution in [0.5, 0.6) is 0 Å². The van der Waals surface area contributed by atoms with Crippen molar-refractivity contribution in [2.24, 2.45) is 10.9 Å². The summed E-state index contributed by atoms with van der Waals surface area (Å²) in [5, 5.41) is 4.00. The van der Waals surface area contributed by atoms with Crippen molar-refractivity contribution in [3.63, 3.8) is 0 Å². The first-order chi connectivity index (χ1) is 16.7. The van der Waals surface area contributed by atoms with E-state index in [-0.39, 0.29) is 30.2 Å². The Bertz CT molecular complexity index is 1540. The summed E-state index contributed by atoms with van der Waals surface area (Å²) in [7, 11) is -3.75. The number of benzene rings is 2. The molecule has 7 nitrogen and oxygen atoms in total. The fraction of sp³-hybridized carbons (Fsp3) is 0.280. The third-order valence-electron chi connectivity index (χ3n) is 6.42. The van der Waals surface area contributed by atoms with Gasteiger partial charge in [-0.3, -0.25) is 14.2 Å². The SMILES string of the molecule is Cc1ccc(CS(=O)(=O)N2CCc3c([nH]n(-c4ccc(Cl)cc4Cl)c3=O)C3=C2N=CCC3C)cc1. The maximum absolute atomic E-state index is 13.6. The number of aryl methyl sites for hydroxylation is 1.